The van der Waals surface area contributed by atoms with Crippen LogP contribution in [0.5, 0.6) is 11.6 Å². The van der Waals surface area contributed by atoms with E-state index in [9.17, 15) is 26.7 Å². The van der Waals surface area contributed by atoms with Gasteiger partial charge in [-0.2, -0.15) is 13.2 Å². The van der Waals surface area contributed by atoms with Crippen molar-refractivity contribution in [3.8, 4) is 11.6 Å². The smallest absolute Gasteiger partial charge is 0.422 e. The Hall–Kier alpha value is -2.71. The van der Waals surface area contributed by atoms with Crippen LogP contribution in [-0.2, 0) is 6.18 Å². The van der Waals surface area contributed by atoms with Crippen LogP contribution in [0.15, 0.2) is 30.5 Å². The lowest BCUT2D eigenvalue weighted by Gasteiger charge is -2.13. The van der Waals surface area contributed by atoms with E-state index in [1.54, 1.807) is 0 Å². The fraction of sp³-hybridized carbons (Fsp3) is 0.0769. The molecule has 0 fully saturated rings. The molecular formula is C13H6F5NO3. The van der Waals surface area contributed by atoms with Crippen LogP contribution in [0, 0.1) is 11.6 Å². The van der Waals surface area contributed by atoms with Gasteiger partial charge in [-0.25, -0.2) is 18.6 Å². The summed E-state index contributed by atoms with van der Waals surface area (Å²) in [6.45, 7) is 0. The molecule has 0 saturated carbocycles. The van der Waals surface area contributed by atoms with Gasteiger partial charge in [0, 0.05) is 6.20 Å². The summed E-state index contributed by atoms with van der Waals surface area (Å²) in [5.41, 5.74) is -2.61. The zero-order chi connectivity index (χ0) is 16.5. The molecule has 2 aromatic rings. The van der Waals surface area contributed by atoms with Gasteiger partial charge in [0.25, 0.3) is 0 Å². The Balaban J connectivity index is 2.51. The van der Waals surface area contributed by atoms with Crippen molar-refractivity contribution in [2.45, 2.75) is 6.18 Å². The van der Waals surface area contributed by atoms with Crippen molar-refractivity contribution in [3.05, 3.63) is 53.2 Å². The van der Waals surface area contributed by atoms with Crippen LogP contribution < -0.4 is 4.74 Å². The number of carboxylic acids is 1. The minimum Gasteiger partial charge on any atom is -0.477 e. The predicted octanol–water partition coefficient (Wildman–Crippen LogP) is 3.87. The Morgan fingerprint density at radius 3 is 2.45 bits per heavy atom. The van der Waals surface area contributed by atoms with Gasteiger partial charge in [0.1, 0.15) is 16.9 Å². The van der Waals surface area contributed by atoms with Crippen molar-refractivity contribution in [2.75, 3.05) is 0 Å². The van der Waals surface area contributed by atoms with E-state index >= 15 is 0 Å². The van der Waals surface area contributed by atoms with Gasteiger partial charge in [-0.15, -0.1) is 0 Å². The Bertz CT molecular complexity index is 730. The van der Waals surface area contributed by atoms with Crippen LogP contribution in [0.2, 0.25) is 0 Å². The first kappa shape index (κ1) is 15.7. The van der Waals surface area contributed by atoms with Gasteiger partial charge >= 0.3 is 12.1 Å². The topological polar surface area (TPSA) is 59.4 Å². The first-order valence-electron chi connectivity index (χ1n) is 5.63. The fourth-order valence-electron chi connectivity index (χ4n) is 1.61. The van der Waals surface area contributed by atoms with Crippen molar-refractivity contribution < 1.29 is 36.6 Å². The number of rotatable bonds is 3. The third-order valence-electron chi connectivity index (χ3n) is 2.55. The van der Waals surface area contributed by atoms with Crippen molar-refractivity contribution in [1.82, 2.24) is 4.98 Å². The van der Waals surface area contributed by atoms with Gasteiger partial charge in [-0.1, -0.05) is 0 Å². The Morgan fingerprint density at radius 1 is 1.18 bits per heavy atom. The standard InChI is InChI=1S/C13H6F5NO3/c14-7-3-4-8(10(15)9(7)13(16,17)18)22-11-6(12(20)21)2-1-5-19-11/h1-5H,(H,20,21). The monoisotopic (exact) mass is 319 g/mol. The third-order valence-corrected chi connectivity index (χ3v) is 2.55. The van der Waals surface area contributed by atoms with Crippen molar-refractivity contribution in [1.29, 1.82) is 0 Å². The first-order valence-corrected chi connectivity index (χ1v) is 5.63. The molecule has 4 nitrogen and oxygen atoms in total. The average Bonchev–Trinajstić information content (AvgIpc) is 2.41. The Kier molecular flexibility index (Phi) is 3.98. The summed E-state index contributed by atoms with van der Waals surface area (Å²) in [6.07, 6.45) is -4.17. The first-order chi connectivity index (χ1) is 10.2. The van der Waals surface area contributed by atoms with Crippen LogP contribution in [0.4, 0.5) is 22.0 Å². The molecule has 116 valence electrons. The lowest BCUT2D eigenvalue weighted by atomic mass is 10.1. The van der Waals surface area contributed by atoms with Crippen molar-refractivity contribution >= 4 is 5.97 Å². The van der Waals surface area contributed by atoms with Crippen molar-refractivity contribution in [2.24, 2.45) is 0 Å². The highest BCUT2D eigenvalue weighted by Crippen LogP contribution is 2.38. The summed E-state index contributed by atoms with van der Waals surface area (Å²) < 4.78 is 69.5. The number of aromatic nitrogens is 1. The summed E-state index contributed by atoms with van der Waals surface area (Å²) in [5.74, 6) is -6.88. The lowest BCUT2D eigenvalue weighted by Crippen LogP contribution is -2.12. The molecule has 0 aliphatic rings. The van der Waals surface area contributed by atoms with E-state index < -0.39 is 46.5 Å². The molecule has 0 atom stereocenters. The number of benzene rings is 1. The number of ether oxygens (including phenoxy) is 1. The highest BCUT2D eigenvalue weighted by molar-refractivity contribution is 5.90. The number of carbonyl (C=O) groups is 1. The van der Waals surface area contributed by atoms with E-state index in [2.05, 4.69) is 4.98 Å². The molecule has 0 aliphatic heterocycles. The molecule has 2 rings (SSSR count). The zero-order valence-electron chi connectivity index (χ0n) is 10.5. The fourth-order valence-corrected chi connectivity index (χ4v) is 1.61. The third kappa shape index (κ3) is 2.97. The minimum atomic E-state index is -5.27. The number of nitrogens with zero attached hydrogens (tertiary/aromatic N) is 1. The summed E-state index contributed by atoms with van der Waals surface area (Å²) in [6, 6.07) is 3.29. The Labute approximate surface area is 119 Å². The van der Waals surface area contributed by atoms with E-state index in [4.69, 9.17) is 9.84 Å². The quantitative estimate of drug-likeness (QED) is 0.873. The van der Waals surface area contributed by atoms with Crippen LogP contribution in [0.25, 0.3) is 0 Å². The molecule has 0 radical (unpaired) electrons. The molecule has 1 N–H and O–H groups in total. The van der Waals surface area contributed by atoms with Gasteiger partial charge in [0.2, 0.25) is 5.88 Å². The molecule has 9 heteroatoms. The van der Waals surface area contributed by atoms with Gasteiger partial charge in [-0.05, 0) is 24.3 Å². The van der Waals surface area contributed by atoms with Gasteiger partial charge in [0.05, 0.1) is 0 Å². The number of pyridine rings is 1. The minimum absolute atomic E-state index is 0.366. The number of aromatic carboxylic acids is 1. The molecule has 0 saturated heterocycles. The molecule has 0 spiro atoms. The molecule has 0 amide bonds. The second kappa shape index (κ2) is 5.58. The van der Waals surface area contributed by atoms with E-state index in [0.717, 1.165) is 12.3 Å². The van der Waals surface area contributed by atoms with E-state index in [0.29, 0.717) is 12.1 Å². The van der Waals surface area contributed by atoms with Crippen LogP contribution in [0.3, 0.4) is 0 Å². The molecular weight excluding hydrogens is 313 g/mol. The molecule has 0 bridgehead atoms. The van der Waals surface area contributed by atoms with Crippen molar-refractivity contribution in [3.63, 3.8) is 0 Å². The maximum Gasteiger partial charge on any atom is 0.422 e. The van der Waals surface area contributed by atoms with Crippen LogP contribution in [-0.4, -0.2) is 16.1 Å². The van der Waals surface area contributed by atoms with Gasteiger partial charge < -0.3 is 9.84 Å². The lowest BCUT2D eigenvalue weighted by molar-refractivity contribution is -0.142. The molecule has 1 heterocycles. The average molecular weight is 319 g/mol. The van der Waals surface area contributed by atoms with Crippen LogP contribution in [0.1, 0.15) is 15.9 Å². The van der Waals surface area contributed by atoms with Gasteiger partial charge in [-0.3, -0.25) is 0 Å². The Morgan fingerprint density at radius 2 is 1.86 bits per heavy atom. The van der Waals surface area contributed by atoms with Crippen LogP contribution >= 0.6 is 0 Å². The number of alkyl halides is 3. The highest BCUT2D eigenvalue weighted by Gasteiger charge is 2.39. The number of hydrogen-bond acceptors (Lipinski definition) is 3. The van der Waals surface area contributed by atoms with E-state index in [1.165, 1.54) is 6.07 Å². The summed E-state index contributed by atoms with van der Waals surface area (Å²) >= 11 is 0. The maximum atomic E-state index is 13.8. The largest absolute Gasteiger partial charge is 0.477 e. The highest BCUT2D eigenvalue weighted by atomic mass is 19.4. The summed E-state index contributed by atoms with van der Waals surface area (Å²) in [5, 5.41) is 8.89. The molecule has 1 aromatic carbocycles. The molecule has 22 heavy (non-hydrogen) atoms. The zero-order valence-corrected chi connectivity index (χ0v) is 10.5. The molecule has 1 aromatic heterocycles. The van der Waals surface area contributed by atoms with E-state index in [-0.39, 0.29) is 0 Å². The van der Waals surface area contributed by atoms with E-state index in [1.807, 2.05) is 0 Å². The summed E-state index contributed by atoms with van der Waals surface area (Å²) in [7, 11) is 0. The second-order valence-corrected chi connectivity index (χ2v) is 4.00. The number of halogens is 5. The number of carboxylic acid groups (broad SMARTS) is 1. The van der Waals surface area contributed by atoms with Gasteiger partial charge in [0.15, 0.2) is 11.6 Å². The summed E-state index contributed by atoms with van der Waals surface area (Å²) in [4.78, 5) is 14.4. The second-order valence-electron chi connectivity index (χ2n) is 4.00. The maximum absolute atomic E-state index is 13.8. The molecule has 0 unspecified atom stereocenters. The number of hydrogen-bond donors (Lipinski definition) is 1. The predicted molar refractivity (Wildman–Crippen MR) is 62.6 cm³/mol. The SMILES string of the molecule is O=C(O)c1cccnc1Oc1ccc(F)c(C(F)(F)F)c1F. The normalized spacial score (nSPS) is 11.3. The molecule has 0 aliphatic carbocycles.